The number of alkyl halides is 3. The number of benzene rings is 2. The molecule has 4 rings (SSSR count). The highest BCUT2D eigenvalue weighted by molar-refractivity contribution is 6.42. The smallest absolute Gasteiger partial charge is 0.419 e. The summed E-state index contributed by atoms with van der Waals surface area (Å²) in [5, 5.41) is 0.746. The number of carbonyl (C=O) groups excluding carboxylic acids is 1. The third kappa shape index (κ3) is 5.97. The van der Waals surface area contributed by atoms with Crippen molar-refractivity contribution in [3.63, 3.8) is 0 Å². The lowest BCUT2D eigenvalue weighted by atomic mass is 9.93. The molecule has 6 nitrogen and oxygen atoms in total. The molecule has 0 radical (unpaired) electrons. The van der Waals surface area contributed by atoms with Gasteiger partial charge in [-0.3, -0.25) is 9.69 Å². The van der Waals surface area contributed by atoms with Crippen LogP contribution in [0.4, 0.5) is 17.6 Å². The van der Waals surface area contributed by atoms with Crippen molar-refractivity contribution in [2.45, 2.75) is 24.7 Å². The zero-order chi connectivity index (χ0) is 26.9. The van der Waals surface area contributed by atoms with Crippen molar-refractivity contribution < 1.29 is 27.1 Å². The Morgan fingerprint density at radius 1 is 1.11 bits per heavy atom. The number of amides is 1. The summed E-state index contributed by atoms with van der Waals surface area (Å²) in [7, 11) is 3.19. The van der Waals surface area contributed by atoms with Crippen molar-refractivity contribution in [2.75, 3.05) is 27.2 Å². The summed E-state index contributed by atoms with van der Waals surface area (Å²) in [5.74, 6) is -1.83. The Morgan fingerprint density at radius 2 is 1.81 bits per heavy atom. The Bertz CT molecular complexity index is 1290. The van der Waals surface area contributed by atoms with Gasteiger partial charge in [0.2, 0.25) is 0 Å². The molecule has 37 heavy (non-hydrogen) atoms. The van der Waals surface area contributed by atoms with Gasteiger partial charge < -0.3 is 9.64 Å². The summed E-state index contributed by atoms with van der Waals surface area (Å²) in [4.78, 5) is 24.7. The van der Waals surface area contributed by atoms with Crippen LogP contribution in [0.25, 0.3) is 0 Å². The highest BCUT2D eigenvalue weighted by Crippen LogP contribution is 2.36. The first-order chi connectivity index (χ1) is 17.5. The molecule has 0 N–H and O–H groups in total. The van der Waals surface area contributed by atoms with Crippen LogP contribution in [-0.4, -0.2) is 59.0 Å². The van der Waals surface area contributed by atoms with Crippen molar-refractivity contribution >= 4 is 29.1 Å². The van der Waals surface area contributed by atoms with Gasteiger partial charge in [0.05, 0.1) is 28.3 Å². The fourth-order valence-electron chi connectivity index (χ4n) is 4.48. The third-order valence-electron chi connectivity index (χ3n) is 6.34. The average molecular weight is 557 g/mol. The maximum Gasteiger partial charge on any atom is 0.419 e. The van der Waals surface area contributed by atoms with Gasteiger partial charge in [0.25, 0.3) is 5.91 Å². The molecule has 0 spiro atoms. The quantitative estimate of drug-likeness (QED) is 0.365. The molecule has 2 heterocycles. The molecule has 12 heteroatoms. The van der Waals surface area contributed by atoms with E-state index in [1.165, 1.54) is 25.6 Å². The van der Waals surface area contributed by atoms with Crippen LogP contribution in [0.5, 0.6) is 6.01 Å². The van der Waals surface area contributed by atoms with E-state index in [1.54, 1.807) is 24.1 Å². The predicted octanol–water partition coefficient (Wildman–Crippen LogP) is 5.69. The van der Waals surface area contributed by atoms with Crippen LogP contribution in [0.3, 0.4) is 0 Å². The number of carbonyl (C=O) groups is 1. The summed E-state index contributed by atoms with van der Waals surface area (Å²) in [6.07, 6.45) is -2.01. The fourth-order valence-corrected chi connectivity index (χ4v) is 4.78. The van der Waals surface area contributed by atoms with Gasteiger partial charge in [0, 0.05) is 44.0 Å². The number of hydrogen-bond acceptors (Lipinski definition) is 5. The molecule has 1 aliphatic heterocycles. The SMILES string of the molecule is COc1ncc(C(=O)N2C[C@H](c3ccc(Cl)c(Cl)c3)[C@H](N(C)Cc3ccc(C(F)(F)F)c(F)c3)C2)cn1. The number of rotatable bonds is 6. The van der Waals surface area contributed by atoms with Crippen LogP contribution in [0.1, 0.15) is 33.0 Å². The van der Waals surface area contributed by atoms with E-state index in [-0.39, 0.29) is 36.0 Å². The monoisotopic (exact) mass is 556 g/mol. The maximum absolute atomic E-state index is 14.2. The second-order valence-corrected chi connectivity index (χ2v) is 9.56. The largest absolute Gasteiger partial charge is 0.467 e. The van der Waals surface area contributed by atoms with E-state index in [2.05, 4.69) is 9.97 Å². The standard InChI is InChI=1S/C25H22Cl2F4N4O2/c1-34(11-14-3-5-18(21(28)7-14)25(29,30)31)22-13-35(23(36)16-9-32-24(37-2)33-10-16)12-17(22)15-4-6-19(26)20(27)8-15/h3-10,17,22H,11-13H2,1-2H3/t17-,22-/m1/s1. The molecule has 1 amide bonds. The lowest BCUT2D eigenvalue weighted by Crippen LogP contribution is -2.38. The second kappa shape index (κ2) is 10.8. The molecule has 1 aromatic heterocycles. The van der Waals surface area contributed by atoms with Crippen LogP contribution < -0.4 is 4.74 Å². The lowest BCUT2D eigenvalue weighted by molar-refractivity contribution is -0.140. The highest BCUT2D eigenvalue weighted by atomic mass is 35.5. The molecule has 0 aliphatic carbocycles. The topological polar surface area (TPSA) is 58.6 Å². The van der Waals surface area contributed by atoms with Crippen molar-refractivity contribution in [1.82, 2.24) is 19.8 Å². The van der Waals surface area contributed by atoms with Crippen LogP contribution in [-0.2, 0) is 12.7 Å². The van der Waals surface area contributed by atoms with E-state index in [0.29, 0.717) is 28.7 Å². The zero-order valence-corrected chi connectivity index (χ0v) is 21.3. The van der Waals surface area contributed by atoms with Crippen LogP contribution in [0.15, 0.2) is 48.8 Å². The van der Waals surface area contributed by atoms with Gasteiger partial charge in [-0.1, -0.05) is 35.3 Å². The van der Waals surface area contributed by atoms with Gasteiger partial charge in [-0.25, -0.2) is 14.4 Å². The first kappa shape index (κ1) is 27.1. The molecule has 0 bridgehead atoms. The van der Waals surface area contributed by atoms with Crippen LogP contribution in [0, 0.1) is 5.82 Å². The minimum absolute atomic E-state index is 0.132. The Hall–Kier alpha value is -2.95. The van der Waals surface area contributed by atoms with Crippen molar-refractivity contribution in [3.05, 3.63) is 86.9 Å². The van der Waals surface area contributed by atoms with E-state index >= 15 is 0 Å². The zero-order valence-electron chi connectivity index (χ0n) is 19.8. The molecule has 2 aromatic carbocycles. The van der Waals surface area contributed by atoms with Gasteiger partial charge in [-0.05, 0) is 42.4 Å². The highest BCUT2D eigenvalue weighted by Gasteiger charge is 2.39. The summed E-state index contributed by atoms with van der Waals surface area (Å²) in [6, 6.07) is 7.98. The van der Waals surface area contributed by atoms with Crippen molar-refractivity contribution in [2.24, 2.45) is 0 Å². The molecular weight excluding hydrogens is 535 g/mol. The fraction of sp³-hybridized carbons (Fsp3) is 0.320. The number of methoxy groups -OCH3 is 1. The molecule has 2 atom stereocenters. The van der Waals surface area contributed by atoms with E-state index < -0.39 is 17.6 Å². The van der Waals surface area contributed by atoms with E-state index in [9.17, 15) is 22.4 Å². The predicted molar refractivity (Wildman–Crippen MR) is 130 cm³/mol. The van der Waals surface area contributed by atoms with Gasteiger partial charge in [-0.15, -0.1) is 0 Å². The van der Waals surface area contributed by atoms with E-state index in [1.807, 2.05) is 11.0 Å². The van der Waals surface area contributed by atoms with E-state index in [0.717, 1.165) is 17.7 Å². The first-order valence-electron chi connectivity index (χ1n) is 11.1. The van der Waals surface area contributed by atoms with Crippen LogP contribution >= 0.6 is 23.2 Å². The molecule has 0 saturated carbocycles. The molecule has 3 aromatic rings. The summed E-state index contributed by atoms with van der Waals surface area (Å²) >= 11 is 12.3. The van der Waals surface area contributed by atoms with E-state index in [4.69, 9.17) is 27.9 Å². The van der Waals surface area contributed by atoms with Gasteiger partial charge in [0.1, 0.15) is 5.82 Å². The lowest BCUT2D eigenvalue weighted by Gasteiger charge is -2.29. The molecule has 1 aliphatic rings. The number of aromatic nitrogens is 2. The Labute approximate surface area is 220 Å². The summed E-state index contributed by atoms with van der Waals surface area (Å²) in [6.45, 7) is 0.791. The Kier molecular flexibility index (Phi) is 7.91. The summed E-state index contributed by atoms with van der Waals surface area (Å²) in [5.41, 5.74) is 0.175. The number of ether oxygens (including phenoxy) is 1. The number of halogens is 6. The first-order valence-corrected chi connectivity index (χ1v) is 11.9. The minimum atomic E-state index is -4.77. The number of likely N-dealkylation sites (N-methyl/N-ethyl adjacent to an activating group) is 1. The molecule has 1 saturated heterocycles. The van der Waals surface area contributed by atoms with Crippen molar-refractivity contribution in [3.8, 4) is 6.01 Å². The number of hydrogen-bond donors (Lipinski definition) is 0. The molecule has 0 unspecified atom stereocenters. The Balaban J connectivity index is 1.60. The number of likely N-dealkylation sites (tertiary alicyclic amines) is 1. The normalized spacial score (nSPS) is 17.9. The molecule has 196 valence electrons. The average Bonchev–Trinajstić information content (AvgIpc) is 3.30. The van der Waals surface area contributed by atoms with Crippen molar-refractivity contribution in [1.29, 1.82) is 0 Å². The molecule has 1 fully saturated rings. The second-order valence-electron chi connectivity index (χ2n) is 8.74. The summed E-state index contributed by atoms with van der Waals surface area (Å²) < 4.78 is 58.0. The van der Waals surface area contributed by atoms with Gasteiger partial charge in [0.15, 0.2) is 0 Å². The maximum atomic E-state index is 14.2. The Morgan fingerprint density at radius 3 is 2.41 bits per heavy atom. The minimum Gasteiger partial charge on any atom is -0.467 e. The third-order valence-corrected chi connectivity index (χ3v) is 7.08. The molecular formula is C25H22Cl2F4N4O2. The number of nitrogens with zero attached hydrogens (tertiary/aromatic N) is 4. The van der Waals surface area contributed by atoms with Gasteiger partial charge in [-0.2, -0.15) is 13.2 Å². The van der Waals surface area contributed by atoms with Gasteiger partial charge >= 0.3 is 12.2 Å². The van der Waals surface area contributed by atoms with Crippen LogP contribution in [0.2, 0.25) is 10.0 Å².